The van der Waals surface area contributed by atoms with Crippen molar-refractivity contribution in [2.75, 3.05) is 7.11 Å². The van der Waals surface area contributed by atoms with Gasteiger partial charge in [0.05, 0.1) is 29.8 Å². The highest BCUT2D eigenvalue weighted by molar-refractivity contribution is 9.10. The van der Waals surface area contributed by atoms with Crippen LogP contribution in [0.3, 0.4) is 0 Å². The molecule has 178 valence electrons. The molecule has 0 atom stereocenters. The predicted molar refractivity (Wildman–Crippen MR) is 137 cm³/mol. The van der Waals surface area contributed by atoms with Gasteiger partial charge in [-0.25, -0.2) is 9.78 Å². The monoisotopic (exact) mass is 555 g/mol. The Bertz CT molecular complexity index is 1530. The zero-order valence-electron chi connectivity index (χ0n) is 18.7. The number of methoxy groups -OCH3 is 1. The summed E-state index contributed by atoms with van der Waals surface area (Å²) in [7, 11) is 1.48. The molecule has 4 rings (SSSR count). The second-order valence-corrected chi connectivity index (χ2v) is 8.85. The topological polar surface area (TPSA) is 103 Å². The number of hydrogen-bond acceptors (Lipinski definition) is 6. The average molecular weight is 557 g/mol. The van der Waals surface area contributed by atoms with Gasteiger partial charge in [0.2, 0.25) is 0 Å². The molecule has 0 saturated heterocycles. The van der Waals surface area contributed by atoms with Crippen molar-refractivity contribution in [3.8, 4) is 11.5 Å². The molecule has 0 aliphatic heterocycles. The van der Waals surface area contributed by atoms with Crippen molar-refractivity contribution in [2.45, 2.75) is 13.5 Å². The van der Waals surface area contributed by atoms with Crippen molar-refractivity contribution >= 4 is 50.6 Å². The summed E-state index contributed by atoms with van der Waals surface area (Å²) < 4.78 is 13.4. The van der Waals surface area contributed by atoms with Crippen LogP contribution in [0.5, 0.6) is 11.5 Å². The number of halogens is 2. The van der Waals surface area contributed by atoms with Crippen LogP contribution in [0.1, 0.15) is 27.3 Å². The van der Waals surface area contributed by atoms with E-state index in [4.69, 9.17) is 21.1 Å². The number of carboxylic acids is 1. The summed E-state index contributed by atoms with van der Waals surface area (Å²) in [5.74, 6) is 0.0742. The molecule has 1 heterocycles. The number of nitrogens with zero attached hydrogens (tertiary/aromatic N) is 3. The molecular formula is C25H19BrClN3O5. The van der Waals surface area contributed by atoms with E-state index in [1.807, 2.05) is 6.07 Å². The van der Waals surface area contributed by atoms with Crippen LogP contribution in [0.4, 0.5) is 0 Å². The Kier molecular flexibility index (Phi) is 7.18. The summed E-state index contributed by atoms with van der Waals surface area (Å²) in [5.41, 5.74) is 1.51. The molecule has 0 aliphatic rings. The molecule has 0 unspecified atom stereocenters. The molecule has 0 saturated carbocycles. The number of aromatic carboxylic acids is 1. The van der Waals surface area contributed by atoms with Gasteiger partial charge in [-0.2, -0.15) is 9.78 Å². The van der Waals surface area contributed by atoms with E-state index in [0.717, 1.165) is 4.47 Å². The molecule has 0 bridgehead atoms. The quantitative estimate of drug-likeness (QED) is 0.310. The van der Waals surface area contributed by atoms with E-state index in [0.29, 0.717) is 44.4 Å². The lowest BCUT2D eigenvalue weighted by molar-refractivity contribution is 0.0696. The van der Waals surface area contributed by atoms with Gasteiger partial charge in [0.15, 0.2) is 11.5 Å². The molecule has 4 aromatic rings. The van der Waals surface area contributed by atoms with Crippen LogP contribution in [0.25, 0.3) is 10.9 Å². The predicted octanol–water partition coefficient (Wildman–Crippen LogP) is 5.29. The Hall–Kier alpha value is -3.69. The highest BCUT2D eigenvalue weighted by atomic mass is 79.9. The average Bonchev–Trinajstić information content (AvgIpc) is 2.83. The fraction of sp³-hybridized carbons (Fsp3) is 0.120. The summed E-state index contributed by atoms with van der Waals surface area (Å²) in [6.07, 6.45) is 1.44. The Morgan fingerprint density at radius 2 is 2.03 bits per heavy atom. The first-order valence-corrected chi connectivity index (χ1v) is 11.5. The smallest absolute Gasteiger partial charge is 0.335 e. The molecule has 0 radical (unpaired) electrons. The lowest BCUT2D eigenvalue weighted by Gasteiger charge is -2.14. The number of carboxylic acid groups (broad SMARTS) is 1. The Morgan fingerprint density at radius 3 is 2.77 bits per heavy atom. The third-order valence-electron chi connectivity index (χ3n) is 5.11. The van der Waals surface area contributed by atoms with Crippen molar-refractivity contribution in [3.63, 3.8) is 0 Å². The van der Waals surface area contributed by atoms with E-state index >= 15 is 0 Å². The fourth-order valence-corrected chi connectivity index (χ4v) is 4.03. The van der Waals surface area contributed by atoms with Gasteiger partial charge in [0.1, 0.15) is 12.4 Å². The van der Waals surface area contributed by atoms with Gasteiger partial charge in [-0.15, -0.1) is 0 Å². The van der Waals surface area contributed by atoms with Crippen molar-refractivity contribution in [2.24, 2.45) is 5.10 Å². The summed E-state index contributed by atoms with van der Waals surface area (Å²) in [6, 6.07) is 14.9. The second kappa shape index (κ2) is 10.3. The minimum absolute atomic E-state index is 0.0739. The molecule has 0 amide bonds. The van der Waals surface area contributed by atoms with Crippen molar-refractivity contribution in [1.82, 2.24) is 9.66 Å². The SMILES string of the molecule is COc1cc(Cl)cc(C=Nn2c(C)nc3ccc(Br)cc3c2=O)c1OCc1cccc(C(=O)O)c1. The summed E-state index contributed by atoms with van der Waals surface area (Å²) in [5, 5.41) is 14.4. The molecule has 10 heteroatoms. The molecule has 1 N–H and O–H groups in total. The molecular weight excluding hydrogens is 538 g/mol. The van der Waals surface area contributed by atoms with Gasteiger partial charge in [-0.1, -0.05) is 39.7 Å². The second-order valence-electron chi connectivity index (χ2n) is 7.50. The molecule has 8 nitrogen and oxygen atoms in total. The maximum absolute atomic E-state index is 13.1. The number of ether oxygens (including phenoxy) is 2. The van der Waals surface area contributed by atoms with Crippen LogP contribution in [0.15, 0.2) is 69.0 Å². The largest absolute Gasteiger partial charge is 0.493 e. The molecule has 0 spiro atoms. The molecule has 0 aliphatic carbocycles. The summed E-state index contributed by atoms with van der Waals surface area (Å²) in [6.45, 7) is 1.76. The van der Waals surface area contributed by atoms with Gasteiger partial charge in [-0.3, -0.25) is 4.79 Å². The fourth-order valence-electron chi connectivity index (χ4n) is 3.46. The van der Waals surface area contributed by atoms with Crippen LogP contribution in [0.2, 0.25) is 5.02 Å². The van der Waals surface area contributed by atoms with E-state index in [1.54, 1.807) is 43.3 Å². The number of aryl methyl sites for hydroxylation is 1. The maximum atomic E-state index is 13.1. The maximum Gasteiger partial charge on any atom is 0.335 e. The van der Waals surface area contributed by atoms with Crippen molar-refractivity contribution < 1.29 is 19.4 Å². The lowest BCUT2D eigenvalue weighted by atomic mass is 10.1. The number of carbonyl (C=O) groups is 1. The van der Waals surface area contributed by atoms with Crippen molar-refractivity contribution in [1.29, 1.82) is 0 Å². The third kappa shape index (κ3) is 5.36. The van der Waals surface area contributed by atoms with Gasteiger partial charge < -0.3 is 14.6 Å². The number of rotatable bonds is 7. The summed E-state index contributed by atoms with van der Waals surface area (Å²) >= 11 is 9.64. The van der Waals surface area contributed by atoms with Gasteiger partial charge in [-0.05, 0) is 48.9 Å². The van der Waals surface area contributed by atoms with Crippen LogP contribution in [0, 0.1) is 6.92 Å². The van der Waals surface area contributed by atoms with Gasteiger partial charge >= 0.3 is 5.97 Å². The normalized spacial score (nSPS) is 11.2. The first-order chi connectivity index (χ1) is 16.8. The van der Waals surface area contributed by atoms with Gasteiger partial charge in [0, 0.05) is 21.1 Å². The van der Waals surface area contributed by atoms with E-state index in [9.17, 15) is 14.7 Å². The highest BCUT2D eigenvalue weighted by Crippen LogP contribution is 2.34. The van der Waals surface area contributed by atoms with Crippen LogP contribution in [-0.2, 0) is 6.61 Å². The van der Waals surface area contributed by atoms with Crippen LogP contribution < -0.4 is 15.0 Å². The van der Waals surface area contributed by atoms with E-state index in [-0.39, 0.29) is 17.7 Å². The molecule has 1 aromatic heterocycles. The standard InChI is InChI=1S/C25H19BrClN3O5/c1-14-29-21-7-6-18(26)10-20(21)24(31)30(14)28-12-17-9-19(27)11-22(34-2)23(17)35-13-15-4-3-5-16(8-15)25(32)33/h3-12H,13H2,1-2H3,(H,32,33). The number of hydrogen-bond donors (Lipinski definition) is 1. The van der Waals surface area contributed by atoms with Crippen LogP contribution >= 0.6 is 27.5 Å². The molecule has 35 heavy (non-hydrogen) atoms. The minimum Gasteiger partial charge on any atom is -0.493 e. The zero-order chi connectivity index (χ0) is 25.1. The first kappa shape index (κ1) is 24.4. The Labute approximate surface area is 213 Å². The summed E-state index contributed by atoms with van der Waals surface area (Å²) in [4.78, 5) is 28.8. The van der Waals surface area contributed by atoms with Crippen LogP contribution in [-0.4, -0.2) is 34.1 Å². The number of benzene rings is 3. The Balaban J connectivity index is 1.73. The van der Waals surface area contributed by atoms with E-state index < -0.39 is 5.97 Å². The number of fused-ring (bicyclic) bond motifs is 1. The Morgan fingerprint density at radius 1 is 1.23 bits per heavy atom. The molecule has 0 fully saturated rings. The zero-order valence-corrected chi connectivity index (χ0v) is 21.0. The van der Waals surface area contributed by atoms with E-state index in [2.05, 4.69) is 26.0 Å². The lowest BCUT2D eigenvalue weighted by Crippen LogP contribution is -2.20. The highest BCUT2D eigenvalue weighted by Gasteiger charge is 2.14. The van der Waals surface area contributed by atoms with E-state index in [1.165, 1.54) is 30.1 Å². The third-order valence-corrected chi connectivity index (χ3v) is 5.82. The number of aromatic nitrogens is 2. The van der Waals surface area contributed by atoms with Gasteiger partial charge in [0.25, 0.3) is 5.56 Å². The minimum atomic E-state index is -1.03. The first-order valence-electron chi connectivity index (χ1n) is 10.3. The molecule has 3 aromatic carbocycles. The van der Waals surface area contributed by atoms with Crippen molar-refractivity contribution in [3.05, 3.63) is 97.0 Å².